The molecule has 4 rings (SSSR count). The fourth-order valence-electron chi connectivity index (χ4n) is 2.55. The van der Waals surface area contributed by atoms with Gasteiger partial charge in [0.15, 0.2) is 5.13 Å². The standard InChI is InChI=1S/C17H14N4O2S/c1-21(17-18-6-7-24-17)16-13-8-11(2-4-14(13)19-10-20-16)15-5-3-12(9-22)23-15/h2-8,10,22H,9H2,1H3. The molecule has 7 heteroatoms. The highest BCUT2D eigenvalue weighted by atomic mass is 32.1. The Balaban J connectivity index is 1.84. The lowest BCUT2D eigenvalue weighted by molar-refractivity contribution is 0.248. The molecule has 0 bridgehead atoms. The summed E-state index contributed by atoms with van der Waals surface area (Å²) in [5, 5.41) is 12.9. The molecule has 6 nitrogen and oxygen atoms in total. The molecule has 0 radical (unpaired) electrons. The van der Waals surface area contributed by atoms with Gasteiger partial charge in [-0.25, -0.2) is 15.0 Å². The highest BCUT2D eigenvalue weighted by Crippen LogP contribution is 2.32. The van der Waals surface area contributed by atoms with Crippen molar-refractivity contribution in [3.8, 4) is 11.3 Å². The van der Waals surface area contributed by atoms with Crippen LogP contribution in [-0.4, -0.2) is 27.1 Å². The normalized spacial score (nSPS) is 11.1. The summed E-state index contributed by atoms with van der Waals surface area (Å²) in [6, 6.07) is 9.49. The summed E-state index contributed by atoms with van der Waals surface area (Å²) in [7, 11) is 1.93. The van der Waals surface area contributed by atoms with Crippen LogP contribution >= 0.6 is 11.3 Å². The van der Waals surface area contributed by atoms with Crippen LogP contribution in [0.5, 0.6) is 0 Å². The van der Waals surface area contributed by atoms with Crippen LogP contribution < -0.4 is 4.90 Å². The molecule has 0 amide bonds. The molecule has 0 spiro atoms. The molecule has 0 saturated heterocycles. The summed E-state index contributed by atoms with van der Waals surface area (Å²) in [6.45, 7) is -0.116. The molecule has 3 aromatic heterocycles. The minimum Gasteiger partial charge on any atom is -0.459 e. The number of hydrogen-bond acceptors (Lipinski definition) is 7. The Bertz CT molecular complexity index is 981. The maximum absolute atomic E-state index is 9.17. The van der Waals surface area contributed by atoms with Crippen molar-refractivity contribution < 1.29 is 9.52 Å². The van der Waals surface area contributed by atoms with Gasteiger partial charge in [0.25, 0.3) is 0 Å². The van der Waals surface area contributed by atoms with E-state index in [0.717, 1.165) is 27.4 Å². The lowest BCUT2D eigenvalue weighted by Gasteiger charge is -2.16. The number of nitrogens with zero attached hydrogens (tertiary/aromatic N) is 4. The first-order chi connectivity index (χ1) is 11.8. The average Bonchev–Trinajstić information content (AvgIpc) is 3.31. The quantitative estimate of drug-likeness (QED) is 0.613. The second-order valence-corrected chi connectivity index (χ2v) is 6.10. The van der Waals surface area contributed by atoms with Gasteiger partial charge in [0, 0.05) is 29.6 Å². The van der Waals surface area contributed by atoms with Crippen molar-refractivity contribution in [2.24, 2.45) is 0 Å². The van der Waals surface area contributed by atoms with Crippen LogP contribution in [0.4, 0.5) is 10.9 Å². The number of aliphatic hydroxyl groups excluding tert-OH is 1. The van der Waals surface area contributed by atoms with Crippen molar-refractivity contribution in [1.29, 1.82) is 0 Å². The van der Waals surface area contributed by atoms with Crippen LogP contribution in [0.25, 0.3) is 22.2 Å². The number of furan rings is 1. The van der Waals surface area contributed by atoms with Gasteiger partial charge in [-0.3, -0.25) is 0 Å². The average molecular weight is 338 g/mol. The molecule has 0 atom stereocenters. The first-order valence-electron chi connectivity index (χ1n) is 7.34. The maximum atomic E-state index is 9.17. The number of benzene rings is 1. The van der Waals surface area contributed by atoms with Crippen molar-refractivity contribution in [1.82, 2.24) is 15.0 Å². The molecule has 0 aliphatic carbocycles. The summed E-state index contributed by atoms with van der Waals surface area (Å²) in [6.07, 6.45) is 3.32. The van der Waals surface area contributed by atoms with Gasteiger partial charge in [-0.15, -0.1) is 11.3 Å². The molecule has 0 fully saturated rings. The van der Waals surface area contributed by atoms with Gasteiger partial charge in [0.2, 0.25) is 0 Å². The van der Waals surface area contributed by atoms with Crippen LogP contribution in [-0.2, 0) is 6.61 Å². The van der Waals surface area contributed by atoms with E-state index in [4.69, 9.17) is 9.52 Å². The number of aromatic nitrogens is 3. The maximum Gasteiger partial charge on any atom is 0.190 e. The van der Waals surface area contributed by atoms with Gasteiger partial charge in [-0.1, -0.05) is 0 Å². The lowest BCUT2D eigenvalue weighted by Crippen LogP contribution is -2.11. The zero-order chi connectivity index (χ0) is 16.5. The molecule has 0 aliphatic heterocycles. The van der Waals surface area contributed by atoms with E-state index in [0.29, 0.717) is 11.5 Å². The van der Waals surface area contributed by atoms with E-state index in [1.807, 2.05) is 41.6 Å². The van der Waals surface area contributed by atoms with Crippen molar-refractivity contribution >= 4 is 33.2 Å². The molecule has 0 saturated carbocycles. The predicted octanol–water partition coefficient (Wildman–Crippen LogP) is 3.61. The van der Waals surface area contributed by atoms with Crippen molar-refractivity contribution in [2.45, 2.75) is 6.61 Å². The second-order valence-electron chi connectivity index (χ2n) is 5.23. The molecular formula is C17H14N4O2S. The fraction of sp³-hybridized carbons (Fsp3) is 0.118. The number of fused-ring (bicyclic) bond motifs is 1. The van der Waals surface area contributed by atoms with E-state index in [9.17, 15) is 0 Å². The Hall–Kier alpha value is -2.77. The van der Waals surface area contributed by atoms with E-state index in [1.165, 1.54) is 0 Å². The van der Waals surface area contributed by atoms with Gasteiger partial charge in [0.05, 0.1) is 5.52 Å². The third-order valence-electron chi connectivity index (χ3n) is 3.74. The van der Waals surface area contributed by atoms with Crippen LogP contribution in [0.3, 0.4) is 0 Å². The topological polar surface area (TPSA) is 75.3 Å². The Morgan fingerprint density at radius 1 is 1.17 bits per heavy atom. The van der Waals surface area contributed by atoms with Crippen LogP contribution in [0.2, 0.25) is 0 Å². The molecule has 3 heterocycles. The first kappa shape index (κ1) is 14.8. The summed E-state index contributed by atoms with van der Waals surface area (Å²) in [5.74, 6) is 2.02. The SMILES string of the molecule is CN(c1nccs1)c1ncnc2ccc(-c3ccc(CO)o3)cc12. The minimum absolute atomic E-state index is 0.116. The third kappa shape index (κ3) is 2.53. The van der Waals surface area contributed by atoms with Crippen LogP contribution in [0, 0.1) is 0 Å². The zero-order valence-corrected chi connectivity index (χ0v) is 13.7. The van der Waals surface area contributed by atoms with Crippen molar-refractivity contribution in [3.63, 3.8) is 0 Å². The highest BCUT2D eigenvalue weighted by Gasteiger charge is 2.14. The number of aliphatic hydroxyl groups is 1. The van der Waals surface area contributed by atoms with E-state index < -0.39 is 0 Å². The Morgan fingerprint density at radius 2 is 2.08 bits per heavy atom. The number of rotatable bonds is 4. The monoisotopic (exact) mass is 338 g/mol. The van der Waals surface area contributed by atoms with E-state index in [-0.39, 0.29) is 6.61 Å². The second kappa shape index (κ2) is 6.03. The molecule has 4 aromatic rings. The minimum atomic E-state index is -0.116. The largest absolute Gasteiger partial charge is 0.459 e. The highest BCUT2D eigenvalue weighted by molar-refractivity contribution is 7.13. The Morgan fingerprint density at radius 3 is 2.83 bits per heavy atom. The number of thiazole rings is 1. The summed E-state index contributed by atoms with van der Waals surface area (Å²) in [5.41, 5.74) is 1.76. The molecular weight excluding hydrogens is 324 g/mol. The summed E-state index contributed by atoms with van der Waals surface area (Å²) in [4.78, 5) is 15.0. The molecule has 1 aromatic carbocycles. The van der Waals surface area contributed by atoms with E-state index >= 15 is 0 Å². The fourth-order valence-corrected chi connectivity index (χ4v) is 3.16. The van der Waals surface area contributed by atoms with Gasteiger partial charge >= 0.3 is 0 Å². The smallest absolute Gasteiger partial charge is 0.190 e. The zero-order valence-electron chi connectivity index (χ0n) is 12.9. The molecule has 0 aliphatic rings. The van der Waals surface area contributed by atoms with Crippen molar-refractivity contribution in [2.75, 3.05) is 11.9 Å². The van der Waals surface area contributed by atoms with Crippen LogP contribution in [0.1, 0.15) is 5.76 Å². The summed E-state index contributed by atoms with van der Waals surface area (Å²) < 4.78 is 5.63. The Kier molecular flexibility index (Phi) is 3.72. The molecule has 24 heavy (non-hydrogen) atoms. The van der Waals surface area contributed by atoms with Gasteiger partial charge in [-0.05, 0) is 30.3 Å². The van der Waals surface area contributed by atoms with Gasteiger partial charge in [-0.2, -0.15) is 0 Å². The predicted molar refractivity (Wildman–Crippen MR) is 93.3 cm³/mol. The van der Waals surface area contributed by atoms with Gasteiger partial charge in [0.1, 0.15) is 30.3 Å². The number of hydrogen-bond donors (Lipinski definition) is 1. The van der Waals surface area contributed by atoms with E-state index in [2.05, 4.69) is 15.0 Å². The first-order valence-corrected chi connectivity index (χ1v) is 8.22. The lowest BCUT2D eigenvalue weighted by atomic mass is 10.1. The van der Waals surface area contributed by atoms with Crippen LogP contribution in [0.15, 0.2) is 52.7 Å². The third-order valence-corrected chi connectivity index (χ3v) is 4.59. The number of anilines is 2. The summed E-state index contributed by atoms with van der Waals surface area (Å²) >= 11 is 1.55. The molecule has 120 valence electrons. The molecule has 0 unspecified atom stereocenters. The molecule has 1 N–H and O–H groups in total. The van der Waals surface area contributed by atoms with Crippen molar-refractivity contribution in [3.05, 3.63) is 54.0 Å². The Labute approximate surface area is 142 Å². The van der Waals surface area contributed by atoms with Gasteiger partial charge < -0.3 is 14.4 Å². The van der Waals surface area contributed by atoms with E-state index in [1.54, 1.807) is 29.9 Å².